The van der Waals surface area contributed by atoms with Gasteiger partial charge in [0.25, 0.3) is 0 Å². The van der Waals surface area contributed by atoms with Gasteiger partial charge >= 0.3 is 5.97 Å². The summed E-state index contributed by atoms with van der Waals surface area (Å²) < 4.78 is 0. The van der Waals surface area contributed by atoms with E-state index in [1.165, 1.54) is 0 Å². The summed E-state index contributed by atoms with van der Waals surface area (Å²) in [5.74, 6) is -0.799. The molecular formula is C8H19NO2. The molecule has 0 aliphatic heterocycles. The zero-order valence-electron chi connectivity index (χ0n) is 8.06. The van der Waals surface area contributed by atoms with E-state index in [2.05, 4.69) is 5.32 Å². The highest BCUT2D eigenvalue weighted by Crippen LogP contribution is 2.06. The van der Waals surface area contributed by atoms with Crippen LogP contribution in [0.2, 0.25) is 0 Å². The van der Waals surface area contributed by atoms with Gasteiger partial charge < -0.3 is 10.4 Å². The maximum absolute atomic E-state index is 10.4. The zero-order valence-corrected chi connectivity index (χ0v) is 8.06. The Morgan fingerprint density at radius 1 is 1.55 bits per heavy atom. The number of carboxylic acids is 1. The predicted octanol–water partition coefficient (Wildman–Crippen LogP) is 1.49. The number of carboxylic acid groups (broad SMARTS) is 1. The van der Waals surface area contributed by atoms with Crippen molar-refractivity contribution in [2.75, 3.05) is 7.05 Å². The molecule has 0 aliphatic carbocycles. The van der Waals surface area contributed by atoms with Crippen molar-refractivity contribution in [3.8, 4) is 0 Å². The average molecular weight is 161 g/mol. The maximum atomic E-state index is 10.4. The Balaban J connectivity index is 0. The zero-order chi connectivity index (χ0) is 9.49. The van der Waals surface area contributed by atoms with Crippen molar-refractivity contribution in [2.45, 2.75) is 39.7 Å². The van der Waals surface area contributed by atoms with Gasteiger partial charge in [0.2, 0.25) is 0 Å². The summed E-state index contributed by atoms with van der Waals surface area (Å²) in [6.07, 6.45) is 0.596. The van der Waals surface area contributed by atoms with Gasteiger partial charge in [-0.2, -0.15) is 0 Å². The van der Waals surface area contributed by atoms with Crippen LogP contribution in [0.15, 0.2) is 0 Å². The van der Waals surface area contributed by atoms with E-state index in [0.717, 1.165) is 0 Å². The lowest BCUT2D eigenvalue weighted by Gasteiger charge is -2.21. The molecule has 0 saturated carbocycles. The van der Waals surface area contributed by atoms with Gasteiger partial charge in [0, 0.05) is 0 Å². The second kappa shape index (κ2) is 6.16. The van der Waals surface area contributed by atoms with E-state index in [0.29, 0.717) is 6.42 Å². The molecule has 0 rings (SSSR count). The lowest BCUT2D eigenvalue weighted by Crippen LogP contribution is -2.46. The molecule has 0 saturated heterocycles. The van der Waals surface area contributed by atoms with Gasteiger partial charge in [-0.05, 0) is 20.4 Å². The van der Waals surface area contributed by atoms with E-state index in [1.54, 1.807) is 14.0 Å². The summed E-state index contributed by atoms with van der Waals surface area (Å²) in [7, 11) is 1.65. The molecule has 0 bridgehead atoms. The summed E-state index contributed by atoms with van der Waals surface area (Å²) in [4.78, 5) is 10.4. The lowest BCUT2D eigenvalue weighted by atomic mass is 10.0. The van der Waals surface area contributed by atoms with Crippen molar-refractivity contribution in [1.82, 2.24) is 5.32 Å². The number of hydrogen-bond acceptors (Lipinski definition) is 2. The van der Waals surface area contributed by atoms with Crippen LogP contribution in [0.4, 0.5) is 0 Å². The molecule has 2 N–H and O–H groups in total. The molecule has 0 radical (unpaired) electrons. The molecule has 68 valence electrons. The molecule has 0 aliphatic rings. The van der Waals surface area contributed by atoms with Gasteiger partial charge in [-0.25, -0.2) is 0 Å². The largest absolute Gasteiger partial charge is 0.480 e. The van der Waals surface area contributed by atoms with Crippen LogP contribution in [0.25, 0.3) is 0 Å². The van der Waals surface area contributed by atoms with Crippen LogP contribution in [-0.2, 0) is 4.79 Å². The van der Waals surface area contributed by atoms with Crippen molar-refractivity contribution < 1.29 is 9.90 Å². The molecule has 3 nitrogen and oxygen atoms in total. The van der Waals surface area contributed by atoms with Crippen molar-refractivity contribution >= 4 is 5.97 Å². The summed E-state index contributed by atoms with van der Waals surface area (Å²) in [5.41, 5.74) is -0.750. The molecular weight excluding hydrogens is 142 g/mol. The van der Waals surface area contributed by atoms with E-state index in [9.17, 15) is 4.79 Å². The van der Waals surface area contributed by atoms with Crippen molar-refractivity contribution in [2.24, 2.45) is 0 Å². The Kier molecular flexibility index (Phi) is 7.31. The van der Waals surface area contributed by atoms with Crippen LogP contribution in [0.5, 0.6) is 0 Å². The molecule has 11 heavy (non-hydrogen) atoms. The monoisotopic (exact) mass is 161 g/mol. The molecule has 0 aromatic heterocycles. The molecule has 0 fully saturated rings. The Morgan fingerprint density at radius 3 is 1.91 bits per heavy atom. The Labute approximate surface area is 68.8 Å². The quantitative estimate of drug-likeness (QED) is 0.659. The number of nitrogens with one attached hydrogen (secondary N) is 1. The van der Waals surface area contributed by atoms with E-state index in [1.807, 2.05) is 20.8 Å². The van der Waals surface area contributed by atoms with Crippen LogP contribution in [0, 0.1) is 0 Å². The first-order chi connectivity index (χ1) is 5.06. The van der Waals surface area contributed by atoms with Crippen LogP contribution >= 0.6 is 0 Å². The van der Waals surface area contributed by atoms with Crippen LogP contribution in [0.1, 0.15) is 34.1 Å². The first-order valence-electron chi connectivity index (χ1n) is 3.99. The standard InChI is InChI=1S/C6H13NO2.C2H6/c1-4-6(2,7-3)5(8)9;1-2/h7H,4H2,1-3H3,(H,8,9);1-2H3. The van der Waals surface area contributed by atoms with Gasteiger partial charge in [-0.1, -0.05) is 20.8 Å². The van der Waals surface area contributed by atoms with E-state index in [-0.39, 0.29) is 0 Å². The Hall–Kier alpha value is -0.570. The van der Waals surface area contributed by atoms with Crippen molar-refractivity contribution in [3.63, 3.8) is 0 Å². The normalized spacial score (nSPS) is 14.3. The second-order valence-corrected chi connectivity index (χ2v) is 2.24. The highest BCUT2D eigenvalue weighted by atomic mass is 16.4. The Bertz CT molecular complexity index is 109. The SMILES string of the molecule is CC.CCC(C)(NC)C(=O)O. The van der Waals surface area contributed by atoms with Gasteiger partial charge in [-0.15, -0.1) is 0 Å². The first kappa shape index (κ1) is 13.1. The van der Waals surface area contributed by atoms with Crippen molar-refractivity contribution in [1.29, 1.82) is 0 Å². The van der Waals surface area contributed by atoms with Crippen LogP contribution in [-0.4, -0.2) is 23.7 Å². The summed E-state index contributed by atoms with van der Waals surface area (Å²) >= 11 is 0. The Morgan fingerprint density at radius 2 is 1.91 bits per heavy atom. The molecule has 0 heterocycles. The molecule has 3 heteroatoms. The molecule has 0 aromatic rings. The van der Waals surface area contributed by atoms with Gasteiger partial charge in [0.05, 0.1) is 0 Å². The molecule has 0 amide bonds. The summed E-state index contributed by atoms with van der Waals surface area (Å²) in [6.45, 7) is 7.50. The average Bonchev–Trinajstić information content (AvgIpc) is 2.06. The number of rotatable bonds is 3. The minimum atomic E-state index is -0.799. The smallest absolute Gasteiger partial charge is 0.323 e. The molecule has 1 atom stereocenters. The van der Waals surface area contributed by atoms with E-state index in [4.69, 9.17) is 5.11 Å². The van der Waals surface area contributed by atoms with Crippen LogP contribution < -0.4 is 5.32 Å². The third kappa shape index (κ3) is 3.98. The predicted molar refractivity (Wildman–Crippen MR) is 46.7 cm³/mol. The fraction of sp³-hybridized carbons (Fsp3) is 0.875. The third-order valence-electron chi connectivity index (χ3n) is 1.73. The fourth-order valence-corrected chi connectivity index (χ4v) is 0.435. The molecule has 1 unspecified atom stereocenters. The summed E-state index contributed by atoms with van der Waals surface area (Å²) in [6, 6.07) is 0. The first-order valence-corrected chi connectivity index (χ1v) is 3.99. The minimum absolute atomic E-state index is 0.596. The van der Waals surface area contributed by atoms with Crippen LogP contribution in [0.3, 0.4) is 0 Å². The third-order valence-corrected chi connectivity index (χ3v) is 1.73. The minimum Gasteiger partial charge on any atom is -0.480 e. The lowest BCUT2D eigenvalue weighted by molar-refractivity contribution is -0.144. The highest BCUT2D eigenvalue weighted by molar-refractivity contribution is 5.77. The summed E-state index contributed by atoms with van der Waals surface area (Å²) in [5, 5.41) is 11.3. The number of hydrogen-bond donors (Lipinski definition) is 2. The topological polar surface area (TPSA) is 49.3 Å². The van der Waals surface area contributed by atoms with E-state index >= 15 is 0 Å². The number of likely N-dealkylation sites (N-methyl/N-ethyl adjacent to an activating group) is 1. The molecule has 0 aromatic carbocycles. The van der Waals surface area contributed by atoms with E-state index < -0.39 is 11.5 Å². The van der Waals surface area contributed by atoms with Gasteiger partial charge in [-0.3, -0.25) is 4.79 Å². The van der Waals surface area contributed by atoms with Gasteiger partial charge in [0.15, 0.2) is 0 Å². The number of carbonyl (C=O) groups is 1. The highest BCUT2D eigenvalue weighted by Gasteiger charge is 2.27. The maximum Gasteiger partial charge on any atom is 0.323 e. The molecule has 0 spiro atoms. The van der Waals surface area contributed by atoms with Crippen molar-refractivity contribution in [3.05, 3.63) is 0 Å². The fourth-order valence-electron chi connectivity index (χ4n) is 0.435. The van der Waals surface area contributed by atoms with Gasteiger partial charge in [0.1, 0.15) is 5.54 Å². The number of aliphatic carboxylic acids is 1. The second-order valence-electron chi connectivity index (χ2n) is 2.24.